The van der Waals surface area contributed by atoms with E-state index in [1.54, 1.807) is 19.1 Å². The van der Waals surface area contributed by atoms with E-state index in [0.717, 1.165) is 5.56 Å². The molecular weight excluding hydrogens is 276 g/mol. The van der Waals surface area contributed by atoms with Crippen molar-refractivity contribution in [1.82, 2.24) is 5.32 Å². The van der Waals surface area contributed by atoms with Gasteiger partial charge in [-0.1, -0.05) is 6.07 Å². The summed E-state index contributed by atoms with van der Waals surface area (Å²) in [6, 6.07) is 4.83. The van der Waals surface area contributed by atoms with Gasteiger partial charge < -0.3 is 14.8 Å². The topological polar surface area (TPSA) is 90.7 Å². The lowest BCUT2D eigenvalue weighted by Gasteiger charge is -2.07. The number of benzene rings is 1. The van der Waals surface area contributed by atoms with Crippen molar-refractivity contribution in [1.29, 1.82) is 0 Å². The molecule has 0 aliphatic rings. The minimum Gasteiger partial charge on any atom is -0.490 e. The van der Waals surface area contributed by atoms with Crippen molar-refractivity contribution < 1.29 is 19.2 Å². The van der Waals surface area contributed by atoms with Crippen molar-refractivity contribution in [2.24, 2.45) is 0 Å². The zero-order valence-electron chi connectivity index (χ0n) is 12.3. The molecule has 0 heterocycles. The van der Waals surface area contributed by atoms with Crippen LogP contribution in [0.1, 0.15) is 25.3 Å². The second-order valence-electron chi connectivity index (χ2n) is 4.35. The number of nitro groups is 1. The highest BCUT2D eigenvalue weighted by Crippen LogP contribution is 2.27. The molecule has 21 heavy (non-hydrogen) atoms. The number of nitro benzene ring substituents is 1. The average Bonchev–Trinajstić information content (AvgIpc) is 2.47. The number of methoxy groups -OCH3 is 1. The molecule has 0 aromatic heterocycles. The lowest BCUT2D eigenvalue weighted by atomic mass is 10.2. The minimum absolute atomic E-state index is 0.0525. The summed E-state index contributed by atoms with van der Waals surface area (Å²) in [6.07, 6.45) is 1.03. The molecule has 116 valence electrons. The molecule has 0 amide bonds. The molecule has 0 spiro atoms. The van der Waals surface area contributed by atoms with E-state index in [4.69, 9.17) is 9.47 Å². The molecule has 0 saturated heterocycles. The Balaban J connectivity index is 2.40. The fourth-order valence-electron chi connectivity index (χ4n) is 1.81. The molecule has 1 rings (SSSR count). The van der Waals surface area contributed by atoms with Crippen LogP contribution in [0, 0.1) is 10.1 Å². The maximum Gasteiger partial charge on any atom is 0.311 e. The standard InChI is InChI=1S/C14H20N2O5/c1-3-21-14(17)5-4-8-15-10-11-6-7-13(20-2)12(9-11)16(18)19/h6-7,9,15H,3-5,8,10H2,1-2H3. The van der Waals surface area contributed by atoms with E-state index < -0.39 is 4.92 Å². The zero-order valence-corrected chi connectivity index (χ0v) is 12.3. The van der Waals surface area contributed by atoms with Gasteiger partial charge in [0.05, 0.1) is 18.6 Å². The van der Waals surface area contributed by atoms with Gasteiger partial charge in [0.2, 0.25) is 0 Å². The summed E-state index contributed by atoms with van der Waals surface area (Å²) in [6.45, 7) is 3.29. The molecule has 0 radical (unpaired) electrons. The molecule has 7 heteroatoms. The lowest BCUT2D eigenvalue weighted by Crippen LogP contribution is -2.16. The summed E-state index contributed by atoms with van der Waals surface area (Å²) < 4.78 is 9.76. The van der Waals surface area contributed by atoms with Crippen molar-refractivity contribution in [3.05, 3.63) is 33.9 Å². The van der Waals surface area contributed by atoms with Crippen molar-refractivity contribution in [2.45, 2.75) is 26.3 Å². The Morgan fingerprint density at radius 1 is 1.43 bits per heavy atom. The number of rotatable bonds is 9. The molecule has 1 aromatic rings. The van der Waals surface area contributed by atoms with Crippen LogP contribution in [0.2, 0.25) is 0 Å². The predicted molar refractivity (Wildman–Crippen MR) is 77.2 cm³/mol. The molecule has 0 aliphatic heterocycles. The first-order chi connectivity index (χ1) is 10.1. The molecular formula is C14H20N2O5. The average molecular weight is 296 g/mol. The Morgan fingerprint density at radius 2 is 2.19 bits per heavy atom. The third-order valence-electron chi connectivity index (χ3n) is 2.81. The third-order valence-corrected chi connectivity index (χ3v) is 2.81. The second kappa shape index (κ2) is 8.91. The maximum absolute atomic E-state index is 11.1. The van der Waals surface area contributed by atoms with Crippen LogP contribution >= 0.6 is 0 Å². The Labute approximate surface area is 123 Å². The fourth-order valence-corrected chi connectivity index (χ4v) is 1.81. The van der Waals surface area contributed by atoms with E-state index >= 15 is 0 Å². The molecule has 0 aliphatic carbocycles. The number of carbonyl (C=O) groups is 1. The summed E-state index contributed by atoms with van der Waals surface area (Å²) in [5.74, 6) is 0.0328. The van der Waals surface area contributed by atoms with E-state index in [9.17, 15) is 14.9 Å². The number of ether oxygens (including phenoxy) is 2. The number of hydrogen-bond acceptors (Lipinski definition) is 6. The summed E-state index contributed by atoms with van der Waals surface area (Å²) in [5, 5.41) is 14.0. The third kappa shape index (κ3) is 5.78. The van der Waals surface area contributed by atoms with Crippen LogP contribution in [0.3, 0.4) is 0 Å². The molecule has 0 bridgehead atoms. The van der Waals surface area contributed by atoms with Gasteiger partial charge in [-0.15, -0.1) is 0 Å². The molecule has 1 aromatic carbocycles. The van der Waals surface area contributed by atoms with Crippen LogP contribution in [-0.4, -0.2) is 31.2 Å². The Hall–Kier alpha value is -2.15. The molecule has 7 nitrogen and oxygen atoms in total. The number of carbonyl (C=O) groups excluding carboxylic acids is 1. The van der Waals surface area contributed by atoms with Gasteiger partial charge in [0.25, 0.3) is 0 Å². The molecule has 0 unspecified atom stereocenters. The van der Waals surface area contributed by atoms with Crippen LogP contribution in [-0.2, 0) is 16.1 Å². The van der Waals surface area contributed by atoms with Crippen LogP contribution in [0.4, 0.5) is 5.69 Å². The Kier molecular flexibility index (Phi) is 7.17. The van der Waals surface area contributed by atoms with Gasteiger partial charge in [-0.05, 0) is 31.5 Å². The van der Waals surface area contributed by atoms with Gasteiger partial charge in [0, 0.05) is 19.0 Å². The van der Waals surface area contributed by atoms with Gasteiger partial charge in [-0.25, -0.2) is 0 Å². The van der Waals surface area contributed by atoms with Crippen LogP contribution in [0.25, 0.3) is 0 Å². The fraction of sp³-hybridized carbons (Fsp3) is 0.500. The molecule has 0 atom stereocenters. The Bertz CT molecular complexity index is 490. The highest BCUT2D eigenvalue weighted by Gasteiger charge is 2.14. The van der Waals surface area contributed by atoms with Crippen molar-refractivity contribution >= 4 is 11.7 Å². The predicted octanol–water partition coefficient (Wildman–Crippen LogP) is 2.04. The summed E-state index contributed by atoms with van der Waals surface area (Å²) in [7, 11) is 1.40. The number of nitrogens with zero attached hydrogens (tertiary/aromatic N) is 1. The maximum atomic E-state index is 11.1. The molecule has 0 saturated carbocycles. The van der Waals surface area contributed by atoms with E-state index in [2.05, 4.69) is 5.32 Å². The number of esters is 1. The minimum atomic E-state index is -0.469. The normalized spacial score (nSPS) is 10.2. The van der Waals surface area contributed by atoms with Crippen LogP contribution < -0.4 is 10.1 Å². The largest absolute Gasteiger partial charge is 0.490 e. The van der Waals surface area contributed by atoms with Gasteiger partial charge in [-0.2, -0.15) is 0 Å². The van der Waals surface area contributed by atoms with Crippen LogP contribution in [0.5, 0.6) is 5.75 Å². The summed E-state index contributed by atoms with van der Waals surface area (Å²) in [5.41, 5.74) is 0.738. The first kappa shape index (κ1) is 16.9. The van der Waals surface area contributed by atoms with E-state index in [1.807, 2.05) is 0 Å². The zero-order chi connectivity index (χ0) is 15.7. The monoisotopic (exact) mass is 296 g/mol. The van der Waals surface area contributed by atoms with Gasteiger partial charge in [0.1, 0.15) is 0 Å². The van der Waals surface area contributed by atoms with Crippen LogP contribution in [0.15, 0.2) is 18.2 Å². The van der Waals surface area contributed by atoms with Gasteiger partial charge >= 0.3 is 11.7 Å². The first-order valence-electron chi connectivity index (χ1n) is 6.76. The van der Waals surface area contributed by atoms with E-state index in [-0.39, 0.29) is 17.4 Å². The lowest BCUT2D eigenvalue weighted by molar-refractivity contribution is -0.385. The quantitative estimate of drug-likeness (QED) is 0.324. The van der Waals surface area contributed by atoms with Crippen molar-refractivity contribution in [3.8, 4) is 5.75 Å². The van der Waals surface area contributed by atoms with Crippen molar-refractivity contribution in [2.75, 3.05) is 20.3 Å². The smallest absolute Gasteiger partial charge is 0.311 e. The molecule has 1 N–H and O–H groups in total. The van der Waals surface area contributed by atoms with E-state index in [1.165, 1.54) is 13.2 Å². The summed E-state index contributed by atoms with van der Waals surface area (Å²) >= 11 is 0. The number of nitrogens with one attached hydrogen (secondary N) is 1. The molecule has 0 fully saturated rings. The van der Waals surface area contributed by atoms with Gasteiger partial charge in [0.15, 0.2) is 5.75 Å². The number of hydrogen-bond donors (Lipinski definition) is 1. The Morgan fingerprint density at radius 3 is 2.81 bits per heavy atom. The van der Waals surface area contributed by atoms with Crippen molar-refractivity contribution in [3.63, 3.8) is 0 Å². The summed E-state index contributed by atoms with van der Waals surface area (Å²) in [4.78, 5) is 21.6. The highest BCUT2D eigenvalue weighted by molar-refractivity contribution is 5.69. The highest BCUT2D eigenvalue weighted by atomic mass is 16.6. The van der Waals surface area contributed by atoms with E-state index in [0.29, 0.717) is 32.5 Å². The second-order valence-corrected chi connectivity index (χ2v) is 4.35. The van der Waals surface area contributed by atoms with Gasteiger partial charge in [-0.3, -0.25) is 14.9 Å². The SMILES string of the molecule is CCOC(=O)CCCNCc1ccc(OC)c([N+](=O)[O-])c1. The first-order valence-corrected chi connectivity index (χ1v) is 6.76.